The number of anilines is 1. The van der Waals surface area contributed by atoms with Gasteiger partial charge in [0.05, 0.1) is 19.3 Å². The van der Waals surface area contributed by atoms with Crippen molar-refractivity contribution in [1.82, 2.24) is 9.88 Å². The van der Waals surface area contributed by atoms with Gasteiger partial charge < -0.3 is 9.64 Å². The lowest BCUT2D eigenvalue weighted by atomic mass is 10.2. The summed E-state index contributed by atoms with van der Waals surface area (Å²) in [6, 6.07) is 0. The van der Waals surface area contributed by atoms with Crippen LogP contribution in [0.4, 0.5) is 5.13 Å². The molecule has 1 aromatic rings. The van der Waals surface area contributed by atoms with E-state index in [0.29, 0.717) is 13.0 Å². The number of rotatable bonds is 6. The maximum Gasteiger partial charge on any atom is 0.228 e. The van der Waals surface area contributed by atoms with Gasteiger partial charge in [0, 0.05) is 31.1 Å². The fourth-order valence-electron chi connectivity index (χ4n) is 2.69. The first kappa shape index (κ1) is 14.9. The Hall–Kier alpha value is -0.980. The van der Waals surface area contributed by atoms with Crippen LogP contribution in [0.3, 0.4) is 0 Å². The van der Waals surface area contributed by atoms with Gasteiger partial charge in [0.25, 0.3) is 0 Å². The molecule has 0 aromatic carbocycles. The summed E-state index contributed by atoms with van der Waals surface area (Å²) >= 11 is 1.52. The lowest BCUT2D eigenvalue weighted by Gasteiger charge is -2.33. The molecule has 1 atom stereocenters. The topological polar surface area (TPSA) is 45.7 Å². The third-order valence-electron chi connectivity index (χ3n) is 4.14. The molecule has 1 saturated heterocycles. The number of likely N-dealkylation sites (N-methyl/N-ethyl adjacent to an activating group) is 1. The summed E-state index contributed by atoms with van der Waals surface area (Å²) in [5.74, 6) is 0.970. The number of morpholine rings is 1. The molecule has 6 heteroatoms. The van der Waals surface area contributed by atoms with Crippen molar-refractivity contribution in [3.63, 3.8) is 0 Å². The van der Waals surface area contributed by atoms with Gasteiger partial charge in [-0.2, -0.15) is 0 Å². The van der Waals surface area contributed by atoms with Gasteiger partial charge >= 0.3 is 0 Å². The van der Waals surface area contributed by atoms with Gasteiger partial charge in [-0.1, -0.05) is 12.8 Å². The minimum atomic E-state index is 0.0810. The van der Waals surface area contributed by atoms with Crippen molar-refractivity contribution >= 4 is 22.4 Å². The molecule has 1 aliphatic carbocycles. The predicted octanol–water partition coefficient (Wildman–Crippen LogP) is 2.00. The van der Waals surface area contributed by atoms with E-state index in [1.54, 1.807) is 6.20 Å². The SMILES string of the molecule is CN1CCOC(CN(C(=O)CCC2CC2)c2nccs2)C1. The standard InChI is InChI=1S/C15H23N3O2S/c1-17-7-8-20-13(10-17)11-18(15-16-6-9-21-15)14(19)5-4-12-2-3-12/h6,9,12-13H,2-5,7-8,10-11H2,1H3. The number of hydrogen-bond donors (Lipinski definition) is 0. The Balaban J connectivity index is 1.62. The number of aromatic nitrogens is 1. The van der Waals surface area contributed by atoms with Crippen molar-refractivity contribution < 1.29 is 9.53 Å². The van der Waals surface area contributed by atoms with Crippen molar-refractivity contribution in [2.24, 2.45) is 5.92 Å². The van der Waals surface area contributed by atoms with Crippen LogP contribution in [0, 0.1) is 5.92 Å². The number of carbonyl (C=O) groups is 1. The molecule has 3 rings (SSSR count). The second-order valence-corrected chi connectivity index (χ2v) is 6.93. The molecular formula is C15H23N3O2S. The third kappa shape index (κ3) is 4.25. The van der Waals surface area contributed by atoms with Gasteiger partial charge in [-0.25, -0.2) is 4.98 Å². The fraction of sp³-hybridized carbons (Fsp3) is 0.733. The Bertz CT molecular complexity index is 461. The summed E-state index contributed by atoms with van der Waals surface area (Å²) in [4.78, 5) is 21.0. The summed E-state index contributed by atoms with van der Waals surface area (Å²) in [6.45, 7) is 3.19. The molecule has 5 nitrogen and oxygen atoms in total. The van der Waals surface area contributed by atoms with Crippen LogP contribution in [0.1, 0.15) is 25.7 Å². The first-order valence-electron chi connectivity index (χ1n) is 7.72. The highest BCUT2D eigenvalue weighted by Gasteiger charge is 2.28. The minimum absolute atomic E-state index is 0.0810. The van der Waals surface area contributed by atoms with E-state index < -0.39 is 0 Å². The lowest BCUT2D eigenvalue weighted by molar-refractivity contribution is -0.119. The molecule has 0 radical (unpaired) electrons. The number of thiazole rings is 1. The van der Waals surface area contributed by atoms with E-state index in [2.05, 4.69) is 16.9 Å². The molecule has 1 saturated carbocycles. The van der Waals surface area contributed by atoms with Gasteiger partial charge in [-0.3, -0.25) is 9.69 Å². The van der Waals surface area contributed by atoms with Crippen LogP contribution < -0.4 is 4.90 Å². The molecule has 0 N–H and O–H groups in total. The summed E-state index contributed by atoms with van der Waals surface area (Å²) < 4.78 is 5.81. The first-order chi connectivity index (χ1) is 10.2. The molecule has 0 spiro atoms. The second kappa shape index (κ2) is 6.85. The highest BCUT2D eigenvalue weighted by atomic mass is 32.1. The molecule has 1 amide bonds. The van der Waals surface area contributed by atoms with E-state index in [0.717, 1.165) is 37.2 Å². The van der Waals surface area contributed by atoms with Crippen LogP contribution in [-0.2, 0) is 9.53 Å². The second-order valence-electron chi connectivity index (χ2n) is 6.06. The summed E-state index contributed by atoms with van der Waals surface area (Å²) in [5.41, 5.74) is 0. The molecule has 1 aromatic heterocycles. The molecule has 1 unspecified atom stereocenters. The largest absolute Gasteiger partial charge is 0.374 e. The van der Waals surface area contributed by atoms with E-state index in [1.165, 1.54) is 24.2 Å². The summed E-state index contributed by atoms with van der Waals surface area (Å²) in [5, 5.41) is 2.72. The maximum absolute atomic E-state index is 12.6. The van der Waals surface area contributed by atoms with Gasteiger partial charge in [0.2, 0.25) is 5.91 Å². The Labute approximate surface area is 129 Å². The normalized spacial score (nSPS) is 23.2. The van der Waals surface area contributed by atoms with Crippen LogP contribution >= 0.6 is 11.3 Å². The third-order valence-corrected chi connectivity index (χ3v) is 4.94. The Morgan fingerprint density at radius 1 is 1.57 bits per heavy atom. The molecule has 2 aliphatic rings. The first-order valence-corrected chi connectivity index (χ1v) is 8.60. The van der Waals surface area contributed by atoms with Gasteiger partial charge in [0.15, 0.2) is 5.13 Å². The number of amides is 1. The van der Waals surface area contributed by atoms with Crippen molar-refractivity contribution in [3.05, 3.63) is 11.6 Å². The van der Waals surface area contributed by atoms with Crippen LogP contribution in [0.15, 0.2) is 11.6 Å². The van der Waals surface area contributed by atoms with Crippen molar-refractivity contribution in [1.29, 1.82) is 0 Å². The number of ether oxygens (including phenoxy) is 1. The van der Waals surface area contributed by atoms with Crippen molar-refractivity contribution in [3.8, 4) is 0 Å². The molecule has 116 valence electrons. The molecule has 0 bridgehead atoms. The number of carbonyl (C=O) groups excluding carboxylic acids is 1. The van der Waals surface area contributed by atoms with Crippen LogP contribution in [0.2, 0.25) is 0 Å². The number of nitrogens with zero attached hydrogens (tertiary/aromatic N) is 3. The predicted molar refractivity (Wildman–Crippen MR) is 83.7 cm³/mol. The van der Waals surface area contributed by atoms with Gasteiger partial charge in [0.1, 0.15) is 0 Å². The van der Waals surface area contributed by atoms with Crippen molar-refractivity contribution in [2.45, 2.75) is 31.8 Å². The Morgan fingerprint density at radius 2 is 2.43 bits per heavy atom. The number of hydrogen-bond acceptors (Lipinski definition) is 5. The lowest BCUT2D eigenvalue weighted by Crippen LogP contribution is -2.47. The van der Waals surface area contributed by atoms with Crippen LogP contribution in [-0.4, -0.2) is 55.2 Å². The molecule has 21 heavy (non-hydrogen) atoms. The smallest absolute Gasteiger partial charge is 0.228 e. The minimum Gasteiger partial charge on any atom is -0.374 e. The summed E-state index contributed by atoms with van der Waals surface area (Å²) in [7, 11) is 2.10. The highest BCUT2D eigenvalue weighted by molar-refractivity contribution is 7.13. The van der Waals surface area contributed by atoms with Crippen LogP contribution in [0.25, 0.3) is 0 Å². The van der Waals surface area contributed by atoms with E-state index in [4.69, 9.17) is 4.74 Å². The molecular weight excluding hydrogens is 286 g/mol. The zero-order valence-electron chi connectivity index (χ0n) is 12.5. The Kier molecular flexibility index (Phi) is 4.87. The van der Waals surface area contributed by atoms with E-state index in [-0.39, 0.29) is 12.0 Å². The van der Waals surface area contributed by atoms with Gasteiger partial charge in [-0.05, 0) is 19.4 Å². The van der Waals surface area contributed by atoms with Crippen molar-refractivity contribution in [2.75, 3.05) is 38.2 Å². The molecule has 2 heterocycles. The quantitative estimate of drug-likeness (QED) is 0.806. The average Bonchev–Trinajstić information content (AvgIpc) is 3.15. The molecule has 2 fully saturated rings. The highest BCUT2D eigenvalue weighted by Crippen LogP contribution is 2.34. The fourth-order valence-corrected chi connectivity index (χ4v) is 3.35. The monoisotopic (exact) mass is 309 g/mol. The maximum atomic E-state index is 12.6. The van der Waals surface area contributed by atoms with E-state index in [9.17, 15) is 4.79 Å². The summed E-state index contributed by atoms with van der Waals surface area (Å²) in [6.07, 6.45) is 6.08. The van der Waals surface area contributed by atoms with Crippen LogP contribution in [0.5, 0.6) is 0 Å². The molecule has 1 aliphatic heterocycles. The zero-order chi connectivity index (χ0) is 14.7. The van der Waals surface area contributed by atoms with E-state index >= 15 is 0 Å². The van der Waals surface area contributed by atoms with E-state index in [1.807, 2.05) is 10.3 Å². The average molecular weight is 309 g/mol. The van der Waals surface area contributed by atoms with Gasteiger partial charge in [-0.15, -0.1) is 11.3 Å². The zero-order valence-corrected chi connectivity index (χ0v) is 13.3. The Morgan fingerprint density at radius 3 is 3.10 bits per heavy atom.